The van der Waals surface area contributed by atoms with Crippen molar-refractivity contribution in [3.05, 3.63) is 70.7 Å². The Kier molecular flexibility index (Phi) is 4.80. The van der Waals surface area contributed by atoms with Crippen molar-refractivity contribution in [1.82, 2.24) is 5.32 Å². The van der Waals surface area contributed by atoms with Crippen LogP contribution in [0.3, 0.4) is 0 Å². The molecule has 0 amide bonds. The number of likely N-dealkylation sites (N-methyl/N-ethyl adjacent to an activating group) is 1. The second-order valence-electron chi connectivity index (χ2n) is 4.50. The van der Waals surface area contributed by atoms with E-state index < -0.39 is 0 Å². The Labute approximate surface area is 114 Å². The van der Waals surface area contributed by atoms with Gasteiger partial charge in [-0.25, -0.2) is 0 Å². The average molecular weight is 260 g/mol. The van der Waals surface area contributed by atoms with E-state index in [1.807, 2.05) is 25.2 Å². The highest BCUT2D eigenvalue weighted by Gasteiger charge is 2.11. The molecule has 0 saturated carbocycles. The van der Waals surface area contributed by atoms with E-state index in [-0.39, 0.29) is 0 Å². The Morgan fingerprint density at radius 2 is 1.83 bits per heavy atom. The molecule has 0 aliphatic carbocycles. The number of hydrogen-bond donors (Lipinski definition) is 1. The van der Waals surface area contributed by atoms with Gasteiger partial charge in [0.1, 0.15) is 0 Å². The highest BCUT2D eigenvalue weighted by atomic mass is 35.5. The van der Waals surface area contributed by atoms with Gasteiger partial charge in [-0.2, -0.15) is 0 Å². The fourth-order valence-corrected chi connectivity index (χ4v) is 2.44. The summed E-state index contributed by atoms with van der Waals surface area (Å²) in [7, 11) is 1.99. The molecule has 1 N–H and O–H groups in total. The van der Waals surface area contributed by atoms with E-state index in [0.717, 1.165) is 18.0 Å². The molecule has 2 aromatic rings. The van der Waals surface area contributed by atoms with E-state index in [9.17, 15) is 0 Å². The summed E-state index contributed by atoms with van der Waals surface area (Å²) in [5.41, 5.74) is 2.65. The summed E-state index contributed by atoms with van der Waals surface area (Å²) >= 11 is 6.04. The second-order valence-corrected chi connectivity index (χ2v) is 4.94. The summed E-state index contributed by atoms with van der Waals surface area (Å²) in [5, 5.41) is 4.08. The van der Waals surface area contributed by atoms with Gasteiger partial charge in [-0.05, 0) is 36.7 Å². The SMILES string of the molecule is CNCC(Cc1cccc(Cl)c1)c1ccccc1. The van der Waals surface area contributed by atoms with Crippen molar-refractivity contribution < 1.29 is 0 Å². The lowest BCUT2D eigenvalue weighted by atomic mass is 9.92. The van der Waals surface area contributed by atoms with Gasteiger partial charge in [-0.15, -0.1) is 0 Å². The molecule has 0 saturated heterocycles. The van der Waals surface area contributed by atoms with Crippen LogP contribution in [0.1, 0.15) is 17.0 Å². The first-order valence-electron chi connectivity index (χ1n) is 6.23. The summed E-state index contributed by atoms with van der Waals surface area (Å²) in [4.78, 5) is 0. The van der Waals surface area contributed by atoms with Crippen molar-refractivity contribution in [2.75, 3.05) is 13.6 Å². The zero-order chi connectivity index (χ0) is 12.8. The first-order chi connectivity index (χ1) is 8.79. The predicted octanol–water partition coefficient (Wildman–Crippen LogP) is 3.89. The van der Waals surface area contributed by atoms with Gasteiger partial charge in [0.2, 0.25) is 0 Å². The third kappa shape index (κ3) is 3.59. The molecule has 0 fully saturated rings. The zero-order valence-electron chi connectivity index (χ0n) is 10.6. The van der Waals surface area contributed by atoms with Crippen LogP contribution in [0.2, 0.25) is 5.02 Å². The van der Waals surface area contributed by atoms with E-state index >= 15 is 0 Å². The topological polar surface area (TPSA) is 12.0 Å². The van der Waals surface area contributed by atoms with E-state index in [4.69, 9.17) is 11.6 Å². The molecule has 0 aliphatic heterocycles. The van der Waals surface area contributed by atoms with E-state index in [2.05, 4.69) is 41.7 Å². The molecule has 18 heavy (non-hydrogen) atoms. The predicted molar refractivity (Wildman–Crippen MR) is 78.3 cm³/mol. The largest absolute Gasteiger partial charge is 0.319 e. The Hall–Kier alpha value is -1.31. The van der Waals surface area contributed by atoms with E-state index in [1.165, 1.54) is 11.1 Å². The summed E-state index contributed by atoms with van der Waals surface area (Å²) in [5.74, 6) is 0.481. The maximum atomic E-state index is 6.04. The lowest BCUT2D eigenvalue weighted by Crippen LogP contribution is -2.19. The van der Waals surface area contributed by atoms with Gasteiger partial charge >= 0.3 is 0 Å². The van der Waals surface area contributed by atoms with Crippen LogP contribution in [0.4, 0.5) is 0 Å². The summed E-state index contributed by atoms with van der Waals surface area (Å²) in [6, 6.07) is 18.7. The molecule has 0 spiro atoms. The van der Waals surface area contributed by atoms with Crippen LogP contribution in [0.15, 0.2) is 54.6 Å². The number of halogens is 1. The fraction of sp³-hybridized carbons (Fsp3) is 0.250. The van der Waals surface area contributed by atoms with Crippen molar-refractivity contribution in [2.45, 2.75) is 12.3 Å². The molecule has 0 heterocycles. The standard InChI is InChI=1S/C16H18ClN/c1-18-12-15(14-7-3-2-4-8-14)10-13-6-5-9-16(17)11-13/h2-9,11,15,18H,10,12H2,1H3. The Morgan fingerprint density at radius 1 is 1.06 bits per heavy atom. The van der Waals surface area contributed by atoms with Crippen LogP contribution in [0, 0.1) is 0 Å². The molecule has 94 valence electrons. The molecule has 0 aliphatic rings. The van der Waals surface area contributed by atoms with Crippen molar-refractivity contribution in [3.63, 3.8) is 0 Å². The van der Waals surface area contributed by atoms with Crippen LogP contribution in [0.25, 0.3) is 0 Å². The highest BCUT2D eigenvalue weighted by molar-refractivity contribution is 6.30. The van der Waals surface area contributed by atoms with Crippen molar-refractivity contribution >= 4 is 11.6 Å². The molecular formula is C16H18ClN. The smallest absolute Gasteiger partial charge is 0.0408 e. The highest BCUT2D eigenvalue weighted by Crippen LogP contribution is 2.21. The molecule has 2 aromatic carbocycles. The van der Waals surface area contributed by atoms with Crippen LogP contribution >= 0.6 is 11.6 Å². The minimum Gasteiger partial charge on any atom is -0.319 e. The maximum absolute atomic E-state index is 6.04. The normalized spacial score (nSPS) is 12.3. The second kappa shape index (κ2) is 6.58. The van der Waals surface area contributed by atoms with Crippen molar-refractivity contribution in [1.29, 1.82) is 0 Å². The molecule has 1 atom stereocenters. The van der Waals surface area contributed by atoms with Gasteiger partial charge in [-0.1, -0.05) is 54.1 Å². The first-order valence-corrected chi connectivity index (χ1v) is 6.61. The van der Waals surface area contributed by atoms with Crippen molar-refractivity contribution in [3.8, 4) is 0 Å². The van der Waals surface area contributed by atoms with Crippen LogP contribution in [-0.2, 0) is 6.42 Å². The van der Waals surface area contributed by atoms with Gasteiger partial charge in [-0.3, -0.25) is 0 Å². The number of nitrogens with one attached hydrogen (secondary N) is 1. The monoisotopic (exact) mass is 259 g/mol. The Bertz CT molecular complexity index is 481. The molecule has 0 aromatic heterocycles. The fourth-order valence-electron chi connectivity index (χ4n) is 2.23. The van der Waals surface area contributed by atoms with Gasteiger partial charge in [0.25, 0.3) is 0 Å². The molecular weight excluding hydrogens is 242 g/mol. The van der Waals surface area contributed by atoms with Crippen LogP contribution < -0.4 is 5.32 Å². The third-order valence-electron chi connectivity index (χ3n) is 3.09. The number of benzene rings is 2. The van der Waals surface area contributed by atoms with Crippen LogP contribution in [-0.4, -0.2) is 13.6 Å². The zero-order valence-corrected chi connectivity index (χ0v) is 11.3. The maximum Gasteiger partial charge on any atom is 0.0408 e. The average Bonchev–Trinajstić information content (AvgIpc) is 2.39. The summed E-state index contributed by atoms with van der Waals surface area (Å²) in [6.45, 7) is 0.969. The lowest BCUT2D eigenvalue weighted by molar-refractivity contribution is 0.626. The third-order valence-corrected chi connectivity index (χ3v) is 3.33. The summed E-state index contributed by atoms with van der Waals surface area (Å²) in [6.07, 6.45) is 1.01. The molecule has 1 nitrogen and oxygen atoms in total. The van der Waals surface area contributed by atoms with Gasteiger partial charge in [0.05, 0.1) is 0 Å². The van der Waals surface area contributed by atoms with Gasteiger partial charge in [0, 0.05) is 17.5 Å². The molecule has 2 rings (SSSR count). The van der Waals surface area contributed by atoms with E-state index in [0.29, 0.717) is 5.92 Å². The lowest BCUT2D eigenvalue weighted by Gasteiger charge is -2.17. The van der Waals surface area contributed by atoms with Crippen LogP contribution in [0.5, 0.6) is 0 Å². The molecule has 1 unspecified atom stereocenters. The quantitative estimate of drug-likeness (QED) is 0.859. The Balaban J connectivity index is 2.16. The van der Waals surface area contributed by atoms with Crippen molar-refractivity contribution in [2.24, 2.45) is 0 Å². The first kappa shape index (κ1) is 13.1. The number of hydrogen-bond acceptors (Lipinski definition) is 1. The van der Waals surface area contributed by atoms with Gasteiger partial charge in [0.15, 0.2) is 0 Å². The number of rotatable bonds is 5. The minimum atomic E-state index is 0.481. The van der Waals surface area contributed by atoms with E-state index in [1.54, 1.807) is 0 Å². The Morgan fingerprint density at radius 3 is 2.50 bits per heavy atom. The molecule has 0 radical (unpaired) electrons. The van der Waals surface area contributed by atoms with Gasteiger partial charge < -0.3 is 5.32 Å². The molecule has 2 heteroatoms. The summed E-state index contributed by atoms with van der Waals surface area (Å²) < 4.78 is 0. The molecule has 0 bridgehead atoms. The minimum absolute atomic E-state index is 0.481.